The van der Waals surface area contributed by atoms with Gasteiger partial charge in [-0.2, -0.15) is 0 Å². The van der Waals surface area contributed by atoms with E-state index in [0.29, 0.717) is 11.5 Å². The van der Waals surface area contributed by atoms with Crippen LogP contribution in [0.5, 0.6) is 11.5 Å². The summed E-state index contributed by atoms with van der Waals surface area (Å²) in [6.07, 6.45) is 1.98. The summed E-state index contributed by atoms with van der Waals surface area (Å²) in [5.74, 6) is 1.24. The number of hydrogen-bond acceptors (Lipinski definition) is 4. The summed E-state index contributed by atoms with van der Waals surface area (Å²) in [5.41, 5.74) is 1.74. The number of aryl methyl sites for hydroxylation is 1. The zero-order valence-electron chi connectivity index (χ0n) is 11.5. The smallest absolute Gasteiger partial charge is 0.189 e. The van der Waals surface area contributed by atoms with Crippen LogP contribution in [-0.4, -0.2) is 30.7 Å². The van der Waals surface area contributed by atoms with E-state index in [0.717, 1.165) is 23.0 Å². The Morgan fingerprint density at radius 1 is 1.32 bits per heavy atom. The van der Waals surface area contributed by atoms with Crippen molar-refractivity contribution in [2.45, 2.75) is 20.1 Å². The number of fused-ring (bicyclic) bond motifs is 1. The fourth-order valence-corrected chi connectivity index (χ4v) is 2.21. The summed E-state index contributed by atoms with van der Waals surface area (Å²) in [4.78, 5) is 0. The largest absolute Gasteiger partial charge is 0.493 e. The minimum atomic E-state index is -0.0366. The molecule has 5 nitrogen and oxygen atoms in total. The number of aromatic nitrogens is 1. The van der Waals surface area contributed by atoms with Gasteiger partial charge in [0.25, 0.3) is 0 Å². The Balaban J connectivity index is 2.69. The number of rotatable bonds is 6. The van der Waals surface area contributed by atoms with E-state index in [1.54, 1.807) is 20.3 Å². The van der Waals surface area contributed by atoms with Gasteiger partial charge < -0.3 is 23.9 Å². The summed E-state index contributed by atoms with van der Waals surface area (Å²) in [7, 11) is 3.16. The highest BCUT2D eigenvalue weighted by Gasteiger charge is 2.17. The molecule has 0 spiro atoms. The minimum absolute atomic E-state index is 0.0366. The van der Waals surface area contributed by atoms with E-state index in [2.05, 4.69) is 11.5 Å². The normalized spacial score (nSPS) is 10.9. The lowest BCUT2D eigenvalue weighted by Gasteiger charge is -2.15. The Bertz CT molecular complexity index is 562. The Labute approximate surface area is 112 Å². The SMILES string of the molecule is CCn1ccc2c(CO)cc(OC)c(OCOC)c21. The summed E-state index contributed by atoms with van der Waals surface area (Å²) >= 11 is 0. The molecule has 2 rings (SSSR count). The first-order chi connectivity index (χ1) is 9.26. The van der Waals surface area contributed by atoms with Gasteiger partial charge >= 0.3 is 0 Å². The predicted molar refractivity (Wildman–Crippen MR) is 72.6 cm³/mol. The first-order valence-electron chi connectivity index (χ1n) is 6.18. The summed E-state index contributed by atoms with van der Waals surface area (Å²) in [6, 6.07) is 3.77. The maximum atomic E-state index is 9.47. The highest BCUT2D eigenvalue weighted by atomic mass is 16.7. The maximum absolute atomic E-state index is 9.47. The minimum Gasteiger partial charge on any atom is -0.493 e. The van der Waals surface area contributed by atoms with Crippen LogP contribution >= 0.6 is 0 Å². The summed E-state index contributed by atoms with van der Waals surface area (Å²) < 4.78 is 18.0. The average molecular weight is 265 g/mol. The third-order valence-corrected chi connectivity index (χ3v) is 3.11. The van der Waals surface area contributed by atoms with Crippen LogP contribution in [0.2, 0.25) is 0 Å². The van der Waals surface area contributed by atoms with Crippen molar-refractivity contribution >= 4 is 10.9 Å². The van der Waals surface area contributed by atoms with E-state index in [9.17, 15) is 5.11 Å². The van der Waals surface area contributed by atoms with Gasteiger partial charge in [0.2, 0.25) is 0 Å². The Kier molecular flexibility index (Phi) is 4.29. The van der Waals surface area contributed by atoms with Gasteiger partial charge in [-0.05, 0) is 24.6 Å². The molecule has 0 aliphatic rings. The van der Waals surface area contributed by atoms with Crippen molar-refractivity contribution < 1.29 is 19.3 Å². The van der Waals surface area contributed by atoms with Gasteiger partial charge in [-0.25, -0.2) is 0 Å². The topological polar surface area (TPSA) is 52.9 Å². The van der Waals surface area contributed by atoms with E-state index >= 15 is 0 Å². The van der Waals surface area contributed by atoms with E-state index < -0.39 is 0 Å². The number of benzene rings is 1. The van der Waals surface area contributed by atoms with Crippen molar-refractivity contribution in [3.63, 3.8) is 0 Å². The van der Waals surface area contributed by atoms with Crippen LogP contribution in [0.3, 0.4) is 0 Å². The van der Waals surface area contributed by atoms with Crippen LogP contribution in [0.15, 0.2) is 18.3 Å². The monoisotopic (exact) mass is 265 g/mol. The molecule has 0 radical (unpaired) electrons. The first-order valence-corrected chi connectivity index (χ1v) is 6.18. The molecule has 0 bridgehead atoms. The molecule has 2 aromatic rings. The molecule has 5 heteroatoms. The highest BCUT2D eigenvalue weighted by molar-refractivity contribution is 5.91. The van der Waals surface area contributed by atoms with Gasteiger partial charge in [0.1, 0.15) is 0 Å². The first kappa shape index (κ1) is 13.7. The van der Waals surface area contributed by atoms with Crippen molar-refractivity contribution in [2.24, 2.45) is 0 Å². The van der Waals surface area contributed by atoms with Gasteiger partial charge in [0, 0.05) is 25.2 Å². The molecule has 0 amide bonds. The lowest BCUT2D eigenvalue weighted by atomic mass is 10.1. The molecule has 1 N–H and O–H groups in total. The zero-order valence-corrected chi connectivity index (χ0v) is 11.5. The molecule has 0 fully saturated rings. The molecular formula is C14H19NO4. The standard InChI is InChI=1S/C14H19NO4/c1-4-15-6-5-11-10(8-16)7-12(18-3)14(13(11)15)19-9-17-2/h5-7,16H,4,8-9H2,1-3H3. The third-order valence-electron chi connectivity index (χ3n) is 3.11. The average Bonchev–Trinajstić information content (AvgIpc) is 2.88. The van der Waals surface area contributed by atoms with Crippen molar-refractivity contribution in [3.8, 4) is 11.5 Å². The van der Waals surface area contributed by atoms with Crippen LogP contribution in [-0.2, 0) is 17.9 Å². The van der Waals surface area contributed by atoms with Crippen LogP contribution in [0.4, 0.5) is 0 Å². The second-order valence-corrected chi connectivity index (χ2v) is 4.14. The third kappa shape index (κ3) is 2.39. The van der Waals surface area contributed by atoms with Gasteiger partial charge in [-0.15, -0.1) is 0 Å². The molecule has 0 saturated heterocycles. The number of hydrogen-bond donors (Lipinski definition) is 1. The quantitative estimate of drug-likeness (QED) is 0.813. The molecule has 1 aromatic heterocycles. The zero-order chi connectivity index (χ0) is 13.8. The Hall–Kier alpha value is -1.72. The van der Waals surface area contributed by atoms with Crippen LogP contribution in [0, 0.1) is 0 Å². The van der Waals surface area contributed by atoms with E-state index in [4.69, 9.17) is 14.2 Å². The second kappa shape index (κ2) is 5.95. The van der Waals surface area contributed by atoms with Crippen molar-refractivity contribution in [1.29, 1.82) is 0 Å². The molecular weight excluding hydrogens is 246 g/mol. The molecule has 1 aromatic carbocycles. The second-order valence-electron chi connectivity index (χ2n) is 4.14. The van der Waals surface area contributed by atoms with Gasteiger partial charge in [-0.1, -0.05) is 0 Å². The fourth-order valence-electron chi connectivity index (χ4n) is 2.21. The molecule has 19 heavy (non-hydrogen) atoms. The van der Waals surface area contributed by atoms with Gasteiger partial charge in [-0.3, -0.25) is 0 Å². The molecule has 1 heterocycles. The Morgan fingerprint density at radius 3 is 2.68 bits per heavy atom. The van der Waals surface area contributed by atoms with Crippen molar-refractivity contribution in [1.82, 2.24) is 4.57 Å². The maximum Gasteiger partial charge on any atom is 0.189 e. The van der Waals surface area contributed by atoms with Gasteiger partial charge in [0.15, 0.2) is 18.3 Å². The van der Waals surface area contributed by atoms with Crippen LogP contribution < -0.4 is 9.47 Å². The molecule has 0 aliphatic heterocycles. The lowest BCUT2D eigenvalue weighted by Crippen LogP contribution is -2.04. The van der Waals surface area contributed by atoms with E-state index in [1.807, 2.05) is 12.3 Å². The lowest BCUT2D eigenvalue weighted by molar-refractivity contribution is 0.0500. The molecule has 104 valence electrons. The fraction of sp³-hybridized carbons (Fsp3) is 0.429. The van der Waals surface area contributed by atoms with Crippen molar-refractivity contribution in [3.05, 3.63) is 23.9 Å². The number of ether oxygens (including phenoxy) is 3. The number of aliphatic hydroxyl groups excluding tert-OH is 1. The number of aliphatic hydroxyl groups is 1. The number of nitrogens with zero attached hydrogens (tertiary/aromatic N) is 1. The van der Waals surface area contributed by atoms with Gasteiger partial charge in [0.05, 0.1) is 19.2 Å². The molecule has 0 atom stereocenters. The number of methoxy groups -OCH3 is 2. The predicted octanol–water partition coefficient (Wildman–Crippen LogP) is 2.14. The summed E-state index contributed by atoms with van der Waals surface area (Å²) in [6.45, 7) is 2.98. The van der Waals surface area contributed by atoms with E-state index in [1.165, 1.54) is 0 Å². The molecule has 0 aliphatic carbocycles. The molecule has 0 unspecified atom stereocenters. The van der Waals surface area contributed by atoms with Crippen molar-refractivity contribution in [2.75, 3.05) is 21.0 Å². The summed E-state index contributed by atoms with van der Waals surface area (Å²) in [5, 5.41) is 10.4. The highest BCUT2D eigenvalue weighted by Crippen LogP contribution is 2.38. The van der Waals surface area contributed by atoms with E-state index in [-0.39, 0.29) is 13.4 Å². The molecule has 0 saturated carbocycles. The van der Waals surface area contributed by atoms with Crippen LogP contribution in [0.25, 0.3) is 10.9 Å². The van der Waals surface area contributed by atoms with Crippen LogP contribution in [0.1, 0.15) is 12.5 Å². The Morgan fingerprint density at radius 2 is 2.11 bits per heavy atom.